The van der Waals surface area contributed by atoms with Gasteiger partial charge in [-0.3, -0.25) is 14.7 Å². The van der Waals surface area contributed by atoms with Gasteiger partial charge in [0.15, 0.2) is 5.82 Å². The molecule has 1 atom stereocenters. The van der Waals surface area contributed by atoms with Gasteiger partial charge in [0.2, 0.25) is 16.2 Å². The number of carbonyl (C=O) groups excluding carboxylic acids is 1. The molecule has 10 nitrogen and oxygen atoms in total. The van der Waals surface area contributed by atoms with Crippen molar-refractivity contribution < 1.29 is 4.79 Å². The van der Waals surface area contributed by atoms with Crippen molar-refractivity contribution in [1.29, 1.82) is 0 Å². The van der Waals surface area contributed by atoms with Crippen LogP contribution in [0.2, 0.25) is 0 Å². The molecule has 1 amide bonds. The summed E-state index contributed by atoms with van der Waals surface area (Å²) in [5.74, 6) is 1.39. The van der Waals surface area contributed by atoms with Crippen LogP contribution in [0.3, 0.4) is 0 Å². The summed E-state index contributed by atoms with van der Waals surface area (Å²) in [7, 11) is 0. The van der Waals surface area contributed by atoms with Crippen molar-refractivity contribution in [1.82, 2.24) is 30.3 Å². The Morgan fingerprint density at radius 3 is 2.62 bits per heavy atom. The fourth-order valence-electron chi connectivity index (χ4n) is 6.43. The third-order valence-corrected chi connectivity index (χ3v) is 10.1. The standard InChI is InChI=1S/C28H36BrN9OS/c29-21-5-12-30-23(17-21)18-37-14-9-28(10-15-37)7-3-20(4-8-28)16-25(39)33-27-36-35-26(40-27)32-22-6-13-38(19-22)24-2-1-11-31-34-24/h1-2,5,11-12,17,20,22H,3-4,6-10,13-16,18-19H2,(H,32,35)(H,33,36,39)/t22-/m1/s1. The van der Waals surface area contributed by atoms with E-state index < -0.39 is 0 Å². The number of amides is 1. The number of anilines is 3. The molecule has 2 N–H and O–H groups in total. The van der Waals surface area contributed by atoms with Crippen LogP contribution in [-0.2, 0) is 11.3 Å². The summed E-state index contributed by atoms with van der Waals surface area (Å²) < 4.78 is 1.09. The van der Waals surface area contributed by atoms with Gasteiger partial charge in [-0.05, 0) is 93.6 Å². The fraction of sp³-hybridized carbons (Fsp3) is 0.571. The molecule has 3 aromatic rings. The number of nitrogens with zero attached hydrogens (tertiary/aromatic N) is 7. The maximum absolute atomic E-state index is 12.8. The van der Waals surface area contributed by atoms with E-state index in [0.29, 0.717) is 22.9 Å². The van der Waals surface area contributed by atoms with E-state index in [2.05, 4.69) is 67.8 Å². The van der Waals surface area contributed by atoms with Crippen LogP contribution < -0.4 is 15.5 Å². The third-order valence-electron chi connectivity index (χ3n) is 8.79. The van der Waals surface area contributed by atoms with Crippen molar-refractivity contribution in [3.63, 3.8) is 0 Å². The summed E-state index contributed by atoms with van der Waals surface area (Å²) in [6.45, 7) is 4.94. The molecule has 0 radical (unpaired) electrons. The summed E-state index contributed by atoms with van der Waals surface area (Å²) in [6.07, 6.45) is 12.3. The molecule has 12 heteroatoms. The Kier molecular flexibility index (Phi) is 8.54. The van der Waals surface area contributed by atoms with Crippen LogP contribution in [0.4, 0.5) is 16.1 Å². The summed E-state index contributed by atoms with van der Waals surface area (Å²) in [5.41, 5.74) is 1.58. The Balaban J connectivity index is 0.907. The molecule has 0 bridgehead atoms. The van der Waals surface area contributed by atoms with Gasteiger partial charge in [0.1, 0.15) is 0 Å². The van der Waals surface area contributed by atoms with Crippen molar-refractivity contribution >= 4 is 49.3 Å². The van der Waals surface area contributed by atoms with E-state index in [4.69, 9.17) is 0 Å². The SMILES string of the molecule is O=C(CC1CCC2(CC1)CCN(Cc1cc(Br)ccn1)CC2)Nc1nnc(N[C@@H]2CCN(c3cccnn3)C2)s1. The quantitative estimate of drug-likeness (QED) is 0.358. The highest BCUT2D eigenvalue weighted by atomic mass is 79.9. The molecule has 2 aliphatic heterocycles. The monoisotopic (exact) mass is 625 g/mol. The number of halogens is 1. The molecule has 0 aromatic carbocycles. The van der Waals surface area contributed by atoms with E-state index in [1.807, 2.05) is 24.4 Å². The lowest BCUT2D eigenvalue weighted by Gasteiger charge is -2.46. The van der Waals surface area contributed by atoms with Crippen molar-refractivity contribution in [3.05, 3.63) is 46.8 Å². The number of rotatable bonds is 8. The van der Waals surface area contributed by atoms with Crippen LogP contribution in [0.1, 0.15) is 57.1 Å². The Bertz CT molecular complexity index is 1270. The third kappa shape index (κ3) is 6.95. The summed E-state index contributed by atoms with van der Waals surface area (Å²) in [4.78, 5) is 22.1. The van der Waals surface area contributed by atoms with Crippen molar-refractivity contribution in [2.45, 2.75) is 64.0 Å². The summed E-state index contributed by atoms with van der Waals surface area (Å²) >= 11 is 4.95. The number of likely N-dealkylation sites (tertiary alicyclic amines) is 1. The molecule has 5 heterocycles. The zero-order valence-electron chi connectivity index (χ0n) is 22.6. The van der Waals surface area contributed by atoms with Gasteiger partial charge >= 0.3 is 0 Å². The predicted molar refractivity (Wildman–Crippen MR) is 160 cm³/mol. The van der Waals surface area contributed by atoms with E-state index in [1.54, 1.807) is 6.20 Å². The first-order valence-electron chi connectivity index (χ1n) is 14.3. The van der Waals surface area contributed by atoms with Gasteiger partial charge in [-0.2, -0.15) is 5.10 Å². The number of nitrogens with one attached hydrogen (secondary N) is 2. The van der Waals surface area contributed by atoms with Gasteiger partial charge in [-0.15, -0.1) is 15.3 Å². The first kappa shape index (κ1) is 27.5. The van der Waals surface area contributed by atoms with Crippen molar-refractivity contribution in [2.75, 3.05) is 41.7 Å². The number of piperidine rings is 1. The molecule has 3 fully saturated rings. The first-order valence-corrected chi connectivity index (χ1v) is 15.9. The van der Waals surface area contributed by atoms with Gasteiger partial charge in [-0.1, -0.05) is 27.3 Å². The van der Waals surface area contributed by atoms with Gasteiger partial charge in [0.05, 0.1) is 5.69 Å². The largest absolute Gasteiger partial charge is 0.355 e. The minimum atomic E-state index is 0.0506. The Morgan fingerprint density at radius 1 is 1.02 bits per heavy atom. The summed E-state index contributed by atoms with van der Waals surface area (Å²) in [6, 6.07) is 8.24. The van der Waals surface area contributed by atoms with E-state index in [0.717, 1.165) is 73.1 Å². The average molecular weight is 627 g/mol. The number of hydrogen-bond donors (Lipinski definition) is 2. The fourth-order valence-corrected chi connectivity index (χ4v) is 7.55. The molecule has 3 aliphatic rings. The van der Waals surface area contributed by atoms with Gasteiger partial charge in [0.25, 0.3) is 0 Å². The van der Waals surface area contributed by atoms with Crippen LogP contribution in [0.5, 0.6) is 0 Å². The first-order chi connectivity index (χ1) is 19.5. The van der Waals surface area contributed by atoms with Gasteiger partial charge < -0.3 is 15.5 Å². The molecule has 6 rings (SSSR count). The van der Waals surface area contributed by atoms with Crippen LogP contribution in [-0.4, -0.2) is 68.4 Å². The zero-order valence-corrected chi connectivity index (χ0v) is 25.0. The molecule has 1 saturated carbocycles. The molecule has 1 spiro atoms. The van der Waals surface area contributed by atoms with Crippen LogP contribution in [0.25, 0.3) is 0 Å². The highest BCUT2D eigenvalue weighted by Crippen LogP contribution is 2.47. The van der Waals surface area contributed by atoms with Crippen LogP contribution >= 0.6 is 27.3 Å². The Labute approximate surface area is 247 Å². The molecule has 40 heavy (non-hydrogen) atoms. The molecule has 1 aliphatic carbocycles. The molecule has 0 unspecified atom stereocenters. The van der Waals surface area contributed by atoms with E-state index >= 15 is 0 Å². The van der Waals surface area contributed by atoms with Crippen LogP contribution in [0, 0.1) is 11.3 Å². The van der Waals surface area contributed by atoms with E-state index in [-0.39, 0.29) is 11.9 Å². The molecule has 2 saturated heterocycles. The topological polar surface area (TPSA) is 112 Å². The lowest BCUT2D eigenvalue weighted by atomic mass is 9.65. The predicted octanol–water partition coefficient (Wildman–Crippen LogP) is 4.98. The maximum atomic E-state index is 12.8. The second-order valence-corrected chi connectivity index (χ2v) is 13.4. The lowest BCUT2D eigenvalue weighted by Crippen LogP contribution is -2.41. The molecular weight excluding hydrogens is 590 g/mol. The number of carbonyl (C=O) groups is 1. The average Bonchev–Trinajstić information content (AvgIpc) is 3.62. The highest BCUT2D eigenvalue weighted by Gasteiger charge is 2.38. The van der Waals surface area contributed by atoms with Crippen molar-refractivity contribution in [2.24, 2.45) is 11.3 Å². The molecular formula is C28H36BrN9OS. The maximum Gasteiger partial charge on any atom is 0.226 e. The smallest absolute Gasteiger partial charge is 0.226 e. The van der Waals surface area contributed by atoms with Crippen molar-refractivity contribution in [3.8, 4) is 0 Å². The lowest BCUT2D eigenvalue weighted by molar-refractivity contribution is -0.117. The second kappa shape index (κ2) is 12.4. The molecule has 212 valence electrons. The normalized spacial score (nSPS) is 21.5. The number of hydrogen-bond acceptors (Lipinski definition) is 10. The minimum absolute atomic E-state index is 0.0506. The molecule has 3 aromatic heterocycles. The summed E-state index contributed by atoms with van der Waals surface area (Å²) in [5, 5.41) is 24.4. The number of pyridine rings is 1. The Morgan fingerprint density at radius 2 is 1.85 bits per heavy atom. The second-order valence-electron chi connectivity index (χ2n) is 11.5. The van der Waals surface area contributed by atoms with Gasteiger partial charge in [-0.25, -0.2) is 0 Å². The van der Waals surface area contributed by atoms with Gasteiger partial charge in [0, 0.05) is 49.0 Å². The highest BCUT2D eigenvalue weighted by molar-refractivity contribution is 9.10. The number of aromatic nitrogens is 5. The Hall–Kier alpha value is -2.70. The zero-order chi connectivity index (χ0) is 27.4. The minimum Gasteiger partial charge on any atom is -0.355 e. The van der Waals surface area contributed by atoms with Crippen LogP contribution in [0.15, 0.2) is 41.1 Å². The van der Waals surface area contributed by atoms with E-state index in [1.165, 1.54) is 37.0 Å². The van der Waals surface area contributed by atoms with E-state index in [9.17, 15) is 4.79 Å².